The fraction of sp³-hybridized carbons (Fsp3) is 0.667. The SMILES string of the molecule is CCCOc1cc(C)nc(N2C3CCC2C(C(=O)O)C3)n1. The third-order valence-electron chi connectivity index (χ3n) is 4.36. The average Bonchev–Trinajstić information content (AvgIpc) is 3.02. The van der Waals surface area contributed by atoms with Crippen molar-refractivity contribution in [1.29, 1.82) is 0 Å². The van der Waals surface area contributed by atoms with Crippen LogP contribution >= 0.6 is 0 Å². The van der Waals surface area contributed by atoms with Crippen molar-refractivity contribution in [3.8, 4) is 5.88 Å². The number of aliphatic carboxylic acids is 1. The summed E-state index contributed by atoms with van der Waals surface area (Å²) >= 11 is 0. The fourth-order valence-corrected chi connectivity index (χ4v) is 3.49. The van der Waals surface area contributed by atoms with Crippen LogP contribution in [0.15, 0.2) is 6.07 Å². The molecule has 21 heavy (non-hydrogen) atoms. The molecule has 2 fully saturated rings. The topological polar surface area (TPSA) is 75.5 Å². The molecule has 2 bridgehead atoms. The summed E-state index contributed by atoms with van der Waals surface area (Å²) in [4.78, 5) is 22.4. The van der Waals surface area contributed by atoms with E-state index < -0.39 is 5.97 Å². The van der Waals surface area contributed by atoms with Gasteiger partial charge in [0.2, 0.25) is 11.8 Å². The molecule has 3 rings (SSSR count). The lowest BCUT2D eigenvalue weighted by molar-refractivity contribution is -0.142. The van der Waals surface area contributed by atoms with Crippen molar-refractivity contribution in [3.05, 3.63) is 11.8 Å². The Labute approximate surface area is 124 Å². The highest BCUT2D eigenvalue weighted by Crippen LogP contribution is 2.43. The molecule has 1 N–H and O–H groups in total. The first-order valence-electron chi connectivity index (χ1n) is 7.59. The van der Waals surface area contributed by atoms with E-state index in [0.717, 1.165) is 25.0 Å². The number of hydrogen-bond donors (Lipinski definition) is 1. The lowest BCUT2D eigenvalue weighted by Gasteiger charge is -2.23. The fourth-order valence-electron chi connectivity index (χ4n) is 3.49. The molecule has 1 aromatic rings. The minimum atomic E-state index is -0.706. The Balaban J connectivity index is 1.87. The maximum absolute atomic E-state index is 11.4. The highest BCUT2D eigenvalue weighted by atomic mass is 16.5. The second kappa shape index (κ2) is 5.50. The second-order valence-electron chi connectivity index (χ2n) is 5.88. The van der Waals surface area contributed by atoms with E-state index in [9.17, 15) is 9.90 Å². The maximum atomic E-state index is 11.4. The third-order valence-corrected chi connectivity index (χ3v) is 4.36. The number of aryl methyl sites for hydroxylation is 1. The third kappa shape index (κ3) is 2.54. The summed E-state index contributed by atoms with van der Waals surface area (Å²) in [6.45, 7) is 4.59. The van der Waals surface area contributed by atoms with Gasteiger partial charge in [0.15, 0.2) is 0 Å². The van der Waals surface area contributed by atoms with Crippen molar-refractivity contribution in [2.24, 2.45) is 5.92 Å². The zero-order chi connectivity index (χ0) is 15.0. The predicted octanol–water partition coefficient (Wildman–Crippen LogP) is 2.02. The van der Waals surface area contributed by atoms with Crippen molar-refractivity contribution < 1.29 is 14.6 Å². The van der Waals surface area contributed by atoms with Gasteiger partial charge in [0, 0.05) is 23.8 Å². The van der Waals surface area contributed by atoms with E-state index in [-0.39, 0.29) is 18.0 Å². The monoisotopic (exact) mass is 291 g/mol. The van der Waals surface area contributed by atoms with E-state index >= 15 is 0 Å². The quantitative estimate of drug-likeness (QED) is 0.894. The van der Waals surface area contributed by atoms with Gasteiger partial charge in [-0.15, -0.1) is 0 Å². The number of nitrogens with zero attached hydrogens (tertiary/aromatic N) is 3. The van der Waals surface area contributed by atoms with Crippen LogP contribution in [0.5, 0.6) is 5.88 Å². The number of carboxylic acids is 1. The zero-order valence-corrected chi connectivity index (χ0v) is 12.5. The molecule has 3 unspecified atom stereocenters. The standard InChI is InChI=1S/C15H21N3O3/c1-3-6-21-13-7-9(2)16-15(17-13)18-10-4-5-12(18)11(8-10)14(19)20/h7,10-12H,3-6,8H2,1-2H3,(H,19,20). The molecule has 0 spiro atoms. The number of aromatic nitrogens is 2. The van der Waals surface area contributed by atoms with Crippen LogP contribution in [0.4, 0.5) is 5.95 Å². The number of ether oxygens (including phenoxy) is 1. The highest BCUT2D eigenvalue weighted by Gasteiger charge is 2.50. The van der Waals surface area contributed by atoms with Gasteiger partial charge in [0.05, 0.1) is 12.5 Å². The number of anilines is 1. The number of rotatable bonds is 5. The van der Waals surface area contributed by atoms with Gasteiger partial charge in [0.25, 0.3) is 0 Å². The van der Waals surface area contributed by atoms with Crippen LogP contribution in [0.3, 0.4) is 0 Å². The summed E-state index contributed by atoms with van der Waals surface area (Å²) < 4.78 is 5.61. The van der Waals surface area contributed by atoms with E-state index in [2.05, 4.69) is 14.9 Å². The van der Waals surface area contributed by atoms with Crippen molar-refractivity contribution in [3.63, 3.8) is 0 Å². The molecule has 0 aliphatic carbocycles. The normalized spacial score (nSPS) is 27.1. The molecule has 0 radical (unpaired) electrons. The summed E-state index contributed by atoms with van der Waals surface area (Å²) in [7, 11) is 0. The smallest absolute Gasteiger partial charge is 0.308 e. The minimum absolute atomic E-state index is 0.0216. The van der Waals surface area contributed by atoms with Crippen LogP contribution in [0.25, 0.3) is 0 Å². The van der Waals surface area contributed by atoms with Gasteiger partial charge in [-0.2, -0.15) is 4.98 Å². The van der Waals surface area contributed by atoms with Crippen molar-refractivity contribution in [1.82, 2.24) is 9.97 Å². The number of carboxylic acid groups (broad SMARTS) is 1. The van der Waals surface area contributed by atoms with Crippen LogP contribution < -0.4 is 9.64 Å². The van der Waals surface area contributed by atoms with Gasteiger partial charge in [-0.05, 0) is 32.6 Å². The Hall–Kier alpha value is -1.85. The van der Waals surface area contributed by atoms with Crippen molar-refractivity contribution in [2.45, 2.75) is 51.6 Å². The first-order chi connectivity index (χ1) is 10.1. The summed E-state index contributed by atoms with van der Waals surface area (Å²) in [6.07, 6.45) is 3.55. The highest BCUT2D eigenvalue weighted by molar-refractivity contribution is 5.73. The summed E-state index contributed by atoms with van der Waals surface area (Å²) in [6, 6.07) is 2.09. The van der Waals surface area contributed by atoms with E-state index in [1.54, 1.807) is 0 Å². The minimum Gasteiger partial charge on any atom is -0.481 e. The lowest BCUT2D eigenvalue weighted by atomic mass is 9.89. The Morgan fingerprint density at radius 1 is 1.48 bits per heavy atom. The molecule has 3 atom stereocenters. The summed E-state index contributed by atoms with van der Waals surface area (Å²) in [5.74, 6) is 0.199. The number of fused-ring (bicyclic) bond motifs is 2. The first kappa shape index (κ1) is 14.1. The molecule has 0 saturated carbocycles. The Bertz CT molecular complexity index is 549. The first-order valence-corrected chi connectivity index (χ1v) is 7.59. The molecule has 6 nitrogen and oxygen atoms in total. The van der Waals surface area contributed by atoms with Crippen LogP contribution in [0.1, 0.15) is 38.3 Å². The van der Waals surface area contributed by atoms with Gasteiger partial charge in [-0.25, -0.2) is 4.98 Å². The van der Waals surface area contributed by atoms with Crippen molar-refractivity contribution in [2.75, 3.05) is 11.5 Å². The molecule has 0 amide bonds. The van der Waals surface area contributed by atoms with Crippen molar-refractivity contribution >= 4 is 11.9 Å². The van der Waals surface area contributed by atoms with Gasteiger partial charge < -0.3 is 14.7 Å². The van der Waals surface area contributed by atoms with Crippen LogP contribution in [-0.4, -0.2) is 39.7 Å². The molecule has 3 heterocycles. The van der Waals surface area contributed by atoms with Gasteiger partial charge >= 0.3 is 5.97 Å². The van der Waals surface area contributed by atoms with E-state index in [1.807, 2.05) is 19.9 Å². The number of hydrogen-bond acceptors (Lipinski definition) is 5. The summed E-state index contributed by atoms with van der Waals surface area (Å²) in [5, 5.41) is 9.33. The lowest BCUT2D eigenvalue weighted by Crippen LogP contribution is -2.34. The molecular weight excluding hydrogens is 270 g/mol. The van der Waals surface area contributed by atoms with E-state index in [0.29, 0.717) is 24.9 Å². The average molecular weight is 291 g/mol. The molecule has 0 aromatic carbocycles. The van der Waals surface area contributed by atoms with E-state index in [4.69, 9.17) is 4.74 Å². The predicted molar refractivity (Wildman–Crippen MR) is 77.6 cm³/mol. The molecule has 2 aliphatic rings. The Morgan fingerprint density at radius 2 is 2.29 bits per heavy atom. The maximum Gasteiger partial charge on any atom is 0.308 e. The molecular formula is C15H21N3O3. The molecule has 114 valence electrons. The number of carbonyl (C=O) groups is 1. The molecule has 1 aromatic heterocycles. The van der Waals surface area contributed by atoms with Gasteiger partial charge in [0.1, 0.15) is 0 Å². The largest absolute Gasteiger partial charge is 0.481 e. The Morgan fingerprint density at radius 3 is 2.95 bits per heavy atom. The van der Waals surface area contributed by atoms with Crippen LogP contribution in [0.2, 0.25) is 0 Å². The Kier molecular flexibility index (Phi) is 3.69. The van der Waals surface area contributed by atoms with Crippen LogP contribution in [0, 0.1) is 12.8 Å². The molecule has 6 heteroatoms. The zero-order valence-electron chi connectivity index (χ0n) is 12.5. The summed E-state index contributed by atoms with van der Waals surface area (Å²) in [5.41, 5.74) is 0.851. The van der Waals surface area contributed by atoms with Crippen LogP contribution in [-0.2, 0) is 4.79 Å². The second-order valence-corrected chi connectivity index (χ2v) is 5.88. The molecule has 2 aliphatic heterocycles. The van der Waals surface area contributed by atoms with Gasteiger partial charge in [-0.3, -0.25) is 4.79 Å². The molecule has 2 saturated heterocycles. The van der Waals surface area contributed by atoms with E-state index in [1.165, 1.54) is 0 Å². The van der Waals surface area contributed by atoms with Gasteiger partial charge in [-0.1, -0.05) is 6.92 Å².